The lowest BCUT2D eigenvalue weighted by Gasteiger charge is -2.37. The van der Waals surface area contributed by atoms with Gasteiger partial charge < -0.3 is 4.98 Å². The molecule has 2 heterocycles. The highest BCUT2D eigenvalue weighted by atomic mass is 16.2. The molecule has 2 aliphatic rings. The van der Waals surface area contributed by atoms with Crippen LogP contribution in [-0.4, -0.2) is 33.2 Å². The Hall–Kier alpha value is -1.65. The lowest BCUT2D eigenvalue weighted by molar-refractivity contribution is -0.153. The predicted molar refractivity (Wildman–Crippen MR) is 73.8 cm³/mol. The molecule has 0 atom stereocenters. The van der Waals surface area contributed by atoms with Crippen LogP contribution in [0.2, 0.25) is 0 Å². The summed E-state index contributed by atoms with van der Waals surface area (Å²) in [5, 5.41) is 0. The Bertz CT molecular complexity index is 469. The van der Waals surface area contributed by atoms with Crippen molar-refractivity contribution in [2.45, 2.75) is 51.4 Å². The highest BCUT2D eigenvalue weighted by Crippen LogP contribution is 2.46. The Balaban J connectivity index is 1.55. The van der Waals surface area contributed by atoms with Crippen molar-refractivity contribution in [3.8, 4) is 0 Å². The first kappa shape index (κ1) is 13.3. The topological polar surface area (TPSA) is 66.1 Å². The molecule has 1 spiro atoms. The minimum absolute atomic E-state index is 0.00563. The third kappa shape index (κ3) is 2.62. The van der Waals surface area contributed by atoms with Crippen LogP contribution in [0.4, 0.5) is 0 Å². The molecule has 0 bridgehead atoms. The molecule has 0 unspecified atom stereocenters. The summed E-state index contributed by atoms with van der Waals surface area (Å²) < 4.78 is 0. The molecule has 20 heavy (non-hydrogen) atoms. The second-order valence-electron chi connectivity index (χ2n) is 6.14. The van der Waals surface area contributed by atoms with Crippen molar-refractivity contribution in [3.63, 3.8) is 0 Å². The van der Waals surface area contributed by atoms with Crippen LogP contribution in [0.5, 0.6) is 0 Å². The lowest BCUT2D eigenvalue weighted by Crippen LogP contribution is -2.47. The van der Waals surface area contributed by atoms with Crippen LogP contribution < -0.4 is 0 Å². The molecule has 1 aliphatic carbocycles. The summed E-state index contributed by atoms with van der Waals surface area (Å²) in [6, 6.07) is 0. The van der Waals surface area contributed by atoms with E-state index in [1.54, 1.807) is 12.4 Å². The maximum absolute atomic E-state index is 12.2. The number of nitrogens with one attached hydrogen (secondary N) is 1. The quantitative estimate of drug-likeness (QED) is 0.855. The fraction of sp³-hybridized carbons (Fsp3) is 0.667. The van der Waals surface area contributed by atoms with E-state index in [2.05, 4.69) is 9.97 Å². The minimum atomic E-state index is 0.00563. The first-order chi connectivity index (χ1) is 9.69. The third-order valence-electron chi connectivity index (χ3n) is 4.67. The van der Waals surface area contributed by atoms with E-state index in [4.69, 9.17) is 0 Å². The van der Waals surface area contributed by atoms with Crippen molar-refractivity contribution in [1.29, 1.82) is 0 Å². The van der Waals surface area contributed by atoms with Gasteiger partial charge in [0, 0.05) is 38.2 Å². The number of aromatic nitrogens is 2. The third-order valence-corrected chi connectivity index (χ3v) is 4.67. The van der Waals surface area contributed by atoms with E-state index in [1.165, 1.54) is 17.7 Å². The largest absolute Gasteiger partial charge is 0.349 e. The van der Waals surface area contributed by atoms with E-state index >= 15 is 0 Å². The summed E-state index contributed by atoms with van der Waals surface area (Å²) in [5.74, 6) is 0.972. The molecule has 2 fully saturated rings. The number of nitrogens with zero attached hydrogens (tertiary/aromatic N) is 2. The van der Waals surface area contributed by atoms with Gasteiger partial charge in [-0.05, 0) is 24.7 Å². The fourth-order valence-corrected chi connectivity index (χ4v) is 3.60. The van der Waals surface area contributed by atoms with Crippen molar-refractivity contribution in [3.05, 3.63) is 18.2 Å². The number of piperidine rings is 1. The molecular weight excluding hydrogens is 254 g/mol. The molecule has 1 aromatic rings. The molecule has 1 aromatic heterocycles. The number of carbonyl (C=O) groups excluding carboxylic acids is 2. The molecule has 1 aliphatic heterocycles. The molecular formula is C15H21N3O2. The molecule has 0 radical (unpaired) electrons. The van der Waals surface area contributed by atoms with Gasteiger partial charge in [0.1, 0.15) is 5.82 Å². The van der Waals surface area contributed by atoms with E-state index in [0.717, 1.165) is 31.5 Å². The number of aryl methyl sites for hydroxylation is 1. The van der Waals surface area contributed by atoms with Crippen LogP contribution in [0.1, 0.15) is 50.8 Å². The summed E-state index contributed by atoms with van der Waals surface area (Å²) in [6.45, 7) is 0.522. The van der Waals surface area contributed by atoms with Crippen molar-refractivity contribution in [2.75, 3.05) is 6.54 Å². The van der Waals surface area contributed by atoms with Gasteiger partial charge in [-0.2, -0.15) is 0 Å². The Morgan fingerprint density at radius 3 is 2.50 bits per heavy atom. The summed E-state index contributed by atoms with van der Waals surface area (Å²) >= 11 is 0. The van der Waals surface area contributed by atoms with Crippen LogP contribution in [0.25, 0.3) is 0 Å². The monoisotopic (exact) mass is 275 g/mol. The molecule has 3 rings (SSSR count). The van der Waals surface area contributed by atoms with Gasteiger partial charge in [-0.15, -0.1) is 0 Å². The fourth-order valence-electron chi connectivity index (χ4n) is 3.60. The van der Waals surface area contributed by atoms with Gasteiger partial charge in [-0.1, -0.05) is 12.8 Å². The summed E-state index contributed by atoms with van der Waals surface area (Å²) in [6.07, 6.45) is 10.6. The number of amides is 2. The Labute approximate surface area is 118 Å². The highest BCUT2D eigenvalue weighted by molar-refractivity contribution is 5.98. The van der Waals surface area contributed by atoms with Crippen LogP contribution in [-0.2, 0) is 16.0 Å². The van der Waals surface area contributed by atoms with Gasteiger partial charge >= 0.3 is 0 Å². The van der Waals surface area contributed by atoms with Gasteiger partial charge in [0.25, 0.3) is 0 Å². The molecule has 1 saturated heterocycles. The maximum atomic E-state index is 12.2. The van der Waals surface area contributed by atoms with E-state index in [1.807, 2.05) is 0 Å². The number of hydrogen-bond acceptors (Lipinski definition) is 3. The van der Waals surface area contributed by atoms with Crippen molar-refractivity contribution in [1.82, 2.24) is 14.9 Å². The summed E-state index contributed by atoms with van der Waals surface area (Å²) in [4.78, 5) is 33.1. The smallest absolute Gasteiger partial charge is 0.229 e. The number of H-pyrrole nitrogens is 1. The molecule has 2 amide bonds. The Morgan fingerprint density at radius 1 is 1.20 bits per heavy atom. The first-order valence-corrected chi connectivity index (χ1v) is 7.50. The Morgan fingerprint density at radius 2 is 1.90 bits per heavy atom. The van der Waals surface area contributed by atoms with Gasteiger partial charge in [-0.3, -0.25) is 14.5 Å². The van der Waals surface area contributed by atoms with E-state index in [0.29, 0.717) is 19.4 Å². The minimum Gasteiger partial charge on any atom is -0.349 e. The van der Waals surface area contributed by atoms with E-state index in [9.17, 15) is 9.59 Å². The summed E-state index contributed by atoms with van der Waals surface area (Å²) in [7, 11) is 0. The lowest BCUT2D eigenvalue weighted by atomic mass is 9.76. The van der Waals surface area contributed by atoms with Gasteiger partial charge in [0.05, 0.1) is 0 Å². The van der Waals surface area contributed by atoms with Crippen LogP contribution >= 0.6 is 0 Å². The maximum Gasteiger partial charge on any atom is 0.229 e. The zero-order chi connectivity index (χ0) is 14.0. The number of imide groups is 1. The van der Waals surface area contributed by atoms with Crippen molar-refractivity contribution in [2.24, 2.45) is 5.41 Å². The molecule has 108 valence electrons. The number of rotatable bonds is 4. The SMILES string of the molecule is O=C1CC2(CCCC2)CC(=O)N1CCCc1ncc[nH]1. The van der Waals surface area contributed by atoms with Crippen molar-refractivity contribution < 1.29 is 9.59 Å². The van der Waals surface area contributed by atoms with Crippen LogP contribution in [0.3, 0.4) is 0 Å². The van der Waals surface area contributed by atoms with Crippen LogP contribution in [0, 0.1) is 5.41 Å². The molecule has 5 nitrogen and oxygen atoms in total. The first-order valence-electron chi connectivity index (χ1n) is 7.50. The number of carbonyl (C=O) groups is 2. The zero-order valence-electron chi connectivity index (χ0n) is 11.7. The number of imidazole rings is 1. The van der Waals surface area contributed by atoms with E-state index < -0.39 is 0 Å². The van der Waals surface area contributed by atoms with Crippen molar-refractivity contribution >= 4 is 11.8 Å². The molecule has 5 heteroatoms. The van der Waals surface area contributed by atoms with Crippen LogP contribution in [0.15, 0.2) is 12.4 Å². The molecule has 1 saturated carbocycles. The molecule has 0 aromatic carbocycles. The zero-order valence-corrected chi connectivity index (χ0v) is 11.7. The van der Waals surface area contributed by atoms with E-state index in [-0.39, 0.29) is 17.2 Å². The highest BCUT2D eigenvalue weighted by Gasteiger charge is 2.44. The normalized spacial score (nSPS) is 21.9. The average Bonchev–Trinajstić information content (AvgIpc) is 3.05. The number of aromatic amines is 1. The average molecular weight is 275 g/mol. The predicted octanol–water partition coefficient (Wildman–Crippen LogP) is 2.05. The summed E-state index contributed by atoms with van der Waals surface area (Å²) in [5.41, 5.74) is 0.00563. The standard InChI is InChI=1S/C15H21N3O2/c19-13-10-15(5-1-2-6-15)11-14(20)18(13)9-3-4-12-16-7-8-17-12/h7-8H,1-6,9-11H2,(H,16,17). The van der Waals surface area contributed by atoms with Gasteiger partial charge in [-0.25, -0.2) is 4.98 Å². The molecule has 1 N–H and O–H groups in total. The Kier molecular flexibility index (Phi) is 3.59. The van der Waals surface area contributed by atoms with Gasteiger partial charge in [0.15, 0.2) is 0 Å². The number of hydrogen-bond donors (Lipinski definition) is 1. The number of likely N-dealkylation sites (tertiary alicyclic amines) is 1. The second-order valence-corrected chi connectivity index (χ2v) is 6.14. The second kappa shape index (κ2) is 5.38. The van der Waals surface area contributed by atoms with Gasteiger partial charge in [0.2, 0.25) is 11.8 Å².